The van der Waals surface area contributed by atoms with Crippen LogP contribution in [0.15, 0.2) is 18.2 Å². The Kier molecular flexibility index (Phi) is 3.97. The van der Waals surface area contributed by atoms with Crippen LogP contribution in [-0.4, -0.2) is 18.5 Å². The van der Waals surface area contributed by atoms with Gasteiger partial charge in [0.2, 0.25) is 5.91 Å². The number of nitrogens with one attached hydrogen (secondary N) is 2. The van der Waals surface area contributed by atoms with E-state index in [1.54, 1.807) is 0 Å². The highest BCUT2D eigenvalue weighted by atomic mass is 35.5. The molecule has 0 saturated carbocycles. The lowest BCUT2D eigenvalue weighted by Gasteiger charge is -2.10. The molecule has 0 bridgehead atoms. The molecule has 0 aliphatic carbocycles. The third-order valence-electron chi connectivity index (χ3n) is 2.80. The predicted octanol–water partition coefficient (Wildman–Crippen LogP) is 2.56. The Morgan fingerprint density at radius 1 is 1.59 bits per heavy atom. The Labute approximate surface area is 104 Å². The monoisotopic (exact) mass is 256 g/mol. The minimum atomic E-state index is -0.484. The van der Waals surface area contributed by atoms with E-state index in [2.05, 4.69) is 10.6 Å². The van der Waals surface area contributed by atoms with Crippen LogP contribution < -0.4 is 10.6 Å². The van der Waals surface area contributed by atoms with E-state index in [4.69, 9.17) is 11.6 Å². The van der Waals surface area contributed by atoms with Crippen molar-refractivity contribution in [1.82, 2.24) is 5.32 Å². The molecule has 92 valence electrons. The molecule has 1 fully saturated rings. The van der Waals surface area contributed by atoms with Gasteiger partial charge in [0.05, 0.1) is 5.02 Å². The maximum absolute atomic E-state index is 12.9. The Hall–Kier alpha value is -1.13. The number of hydrogen-bond acceptors (Lipinski definition) is 2. The van der Waals surface area contributed by atoms with Gasteiger partial charge in [0.15, 0.2) is 0 Å². The highest BCUT2D eigenvalue weighted by molar-refractivity contribution is 6.31. The summed E-state index contributed by atoms with van der Waals surface area (Å²) < 4.78 is 12.9. The number of hydrogen-bond donors (Lipinski definition) is 2. The van der Waals surface area contributed by atoms with Crippen LogP contribution in [0.5, 0.6) is 0 Å². The van der Waals surface area contributed by atoms with Crippen molar-refractivity contribution in [3.8, 4) is 0 Å². The van der Waals surface area contributed by atoms with Gasteiger partial charge in [-0.3, -0.25) is 4.79 Å². The molecular weight excluding hydrogens is 243 g/mol. The number of benzene rings is 1. The number of rotatable bonds is 3. The SMILES string of the molecule is O=C(CC1CCCN1)Nc1ccc(F)c(Cl)c1. The standard InChI is InChI=1S/C12H14ClFN2O/c13-10-6-9(3-4-11(10)14)16-12(17)7-8-2-1-5-15-8/h3-4,6,8,15H,1-2,5,7H2,(H,16,17). The van der Waals surface area contributed by atoms with Gasteiger partial charge >= 0.3 is 0 Å². The number of carbonyl (C=O) groups excluding carboxylic acids is 1. The van der Waals surface area contributed by atoms with Crippen LogP contribution >= 0.6 is 11.6 Å². The van der Waals surface area contributed by atoms with Crippen molar-refractivity contribution in [2.24, 2.45) is 0 Å². The van der Waals surface area contributed by atoms with E-state index in [-0.39, 0.29) is 17.0 Å². The fourth-order valence-corrected chi connectivity index (χ4v) is 2.12. The van der Waals surface area contributed by atoms with E-state index in [1.807, 2.05) is 0 Å². The smallest absolute Gasteiger partial charge is 0.225 e. The van der Waals surface area contributed by atoms with Crippen LogP contribution in [0, 0.1) is 5.82 Å². The summed E-state index contributed by atoms with van der Waals surface area (Å²) in [5.74, 6) is -0.561. The molecule has 1 aromatic rings. The number of amides is 1. The molecule has 5 heteroatoms. The Balaban J connectivity index is 1.90. The minimum absolute atomic E-state index is 0.0155. The van der Waals surface area contributed by atoms with Crippen molar-refractivity contribution >= 4 is 23.2 Å². The largest absolute Gasteiger partial charge is 0.326 e. The highest BCUT2D eigenvalue weighted by Gasteiger charge is 2.17. The van der Waals surface area contributed by atoms with E-state index in [9.17, 15) is 9.18 Å². The van der Waals surface area contributed by atoms with Crippen molar-refractivity contribution in [3.63, 3.8) is 0 Å². The molecule has 0 radical (unpaired) electrons. The zero-order valence-electron chi connectivity index (χ0n) is 9.30. The van der Waals surface area contributed by atoms with Crippen molar-refractivity contribution in [3.05, 3.63) is 29.0 Å². The fraction of sp³-hybridized carbons (Fsp3) is 0.417. The number of anilines is 1. The van der Waals surface area contributed by atoms with Gasteiger partial charge in [-0.25, -0.2) is 4.39 Å². The highest BCUT2D eigenvalue weighted by Crippen LogP contribution is 2.19. The first-order valence-corrected chi connectivity index (χ1v) is 6.01. The molecule has 1 amide bonds. The third-order valence-corrected chi connectivity index (χ3v) is 3.09. The van der Waals surface area contributed by atoms with Crippen molar-refractivity contribution in [1.29, 1.82) is 0 Å². The van der Waals surface area contributed by atoms with Gasteiger partial charge in [-0.05, 0) is 37.6 Å². The maximum Gasteiger partial charge on any atom is 0.225 e. The Bertz CT molecular complexity index is 419. The average molecular weight is 257 g/mol. The van der Waals surface area contributed by atoms with Gasteiger partial charge in [0.25, 0.3) is 0 Å². The van der Waals surface area contributed by atoms with Crippen LogP contribution in [0.25, 0.3) is 0 Å². The first-order chi connectivity index (χ1) is 8.15. The van der Waals surface area contributed by atoms with E-state index in [1.165, 1.54) is 18.2 Å². The molecular formula is C12H14ClFN2O. The second-order valence-corrected chi connectivity index (χ2v) is 4.58. The lowest BCUT2D eigenvalue weighted by molar-refractivity contribution is -0.116. The summed E-state index contributed by atoms with van der Waals surface area (Å²) in [6.45, 7) is 0.973. The van der Waals surface area contributed by atoms with Crippen LogP contribution in [0.2, 0.25) is 5.02 Å². The lowest BCUT2D eigenvalue weighted by atomic mass is 10.1. The van der Waals surface area contributed by atoms with Crippen molar-refractivity contribution in [2.75, 3.05) is 11.9 Å². The first-order valence-electron chi connectivity index (χ1n) is 5.63. The number of carbonyl (C=O) groups is 1. The van der Waals surface area contributed by atoms with Gasteiger partial charge in [0.1, 0.15) is 5.82 Å². The molecule has 0 spiro atoms. The first kappa shape index (κ1) is 12.3. The van der Waals surface area contributed by atoms with E-state index >= 15 is 0 Å². The van der Waals surface area contributed by atoms with Crippen molar-refractivity contribution in [2.45, 2.75) is 25.3 Å². The molecule has 1 atom stereocenters. The van der Waals surface area contributed by atoms with Gasteiger partial charge in [0, 0.05) is 18.2 Å². The van der Waals surface area contributed by atoms with E-state index in [0.717, 1.165) is 19.4 Å². The molecule has 1 heterocycles. The van der Waals surface area contributed by atoms with Crippen LogP contribution in [0.4, 0.5) is 10.1 Å². The van der Waals surface area contributed by atoms with Gasteiger partial charge in [-0.2, -0.15) is 0 Å². The molecule has 3 nitrogen and oxygen atoms in total. The summed E-state index contributed by atoms with van der Waals surface area (Å²) in [5, 5.41) is 5.97. The zero-order valence-corrected chi connectivity index (χ0v) is 10.1. The molecule has 0 aromatic heterocycles. The van der Waals surface area contributed by atoms with Crippen LogP contribution in [0.1, 0.15) is 19.3 Å². The predicted molar refractivity (Wildman–Crippen MR) is 65.7 cm³/mol. The summed E-state index contributed by atoms with van der Waals surface area (Å²) in [7, 11) is 0. The number of halogens is 2. The van der Waals surface area contributed by atoms with Gasteiger partial charge < -0.3 is 10.6 Å². The van der Waals surface area contributed by atoms with E-state index in [0.29, 0.717) is 12.1 Å². The Morgan fingerprint density at radius 3 is 3.06 bits per heavy atom. The maximum atomic E-state index is 12.9. The second-order valence-electron chi connectivity index (χ2n) is 4.17. The third kappa shape index (κ3) is 3.41. The summed E-state index contributed by atoms with van der Waals surface area (Å²) >= 11 is 5.63. The molecule has 1 aliphatic rings. The molecule has 2 N–H and O–H groups in total. The minimum Gasteiger partial charge on any atom is -0.326 e. The average Bonchev–Trinajstić information content (AvgIpc) is 2.76. The molecule has 17 heavy (non-hydrogen) atoms. The zero-order chi connectivity index (χ0) is 12.3. The second kappa shape index (κ2) is 5.47. The van der Waals surface area contributed by atoms with Crippen LogP contribution in [-0.2, 0) is 4.79 Å². The topological polar surface area (TPSA) is 41.1 Å². The fourth-order valence-electron chi connectivity index (χ4n) is 1.94. The van der Waals surface area contributed by atoms with Gasteiger partial charge in [-0.1, -0.05) is 11.6 Å². The lowest BCUT2D eigenvalue weighted by Crippen LogP contribution is -2.27. The molecule has 1 saturated heterocycles. The molecule has 2 rings (SSSR count). The molecule has 1 unspecified atom stereocenters. The normalized spacial score (nSPS) is 19.3. The van der Waals surface area contributed by atoms with Crippen LogP contribution in [0.3, 0.4) is 0 Å². The molecule has 1 aliphatic heterocycles. The summed E-state index contributed by atoms with van der Waals surface area (Å²) in [6.07, 6.45) is 2.58. The van der Waals surface area contributed by atoms with Gasteiger partial charge in [-0.15, -0.1) is 0 Å². The quantitative estimate of drug-likeness (QED) is 0.873. The molecule has 1 aromatic carbocycles. The summed E-state index contributed by atoms with van der Waals surface area (Å²) in [4.78, 5) is 11.7. The Morgan fingerprint density at radius 2 is 2.41 bits per heavy atom. The summed E-state index contributed by atoms with van der Waals surface area (Å²) in [6, 6.07) is 4.41. The van der Waals surface area contributed by atoms with Crippen molar-refractivity contribution < 1.29 is 9.18 Å². The van der Waals surface area contributed by atoms with E-state index < -0.39 is 5.82 Å². The summed E-state index contributed by atoms with van der Waals surface area (Å²) in [5.41, 5.74) is 0.527.